The standard InChI is InChI=1S/C17H20FN3O5S/c18-15-11(7-12-8-19-10-17(12)3-5-26-6-4-17)1-2-13(22)16(15)21-9-14(23)20-27(21,24)25/h1-2,7,19,22H,3-6,8-10H2,(H,20,23)/b12-7+. The number of carbonyl (C=O) groups is 1. The van der Waals surface area contributed by atoms with Crippen molar-refractivity contribution >= 4 is 27.9 Å². The van der Waals surface area contributed by atoms with Crippen LogP contribution in [0.1, 0.15) is 18.4 Å². The number of ether oxygens (including phenoxy) is 1. The number of phenols is 1. The van der Waals surface area contributed by atoms with Crippen LogP contribution >= 0.6 is 0 Å². The van der Waals surface area contributed by atoms with Gasteiger partial charge in [-0.2, -0.15) is 8.42 Å². The lowest BCUT2D eigenvalue weighted by Crippen LogP contribution is -2.32. The predicted molar refractivity (Wildman–Crippen MR) is 95.8 cm³/mol. The first-order valence-electron chi connectivity index (χ1n) is 8.67. The van der Waals surface area contributed by atoms with E-state index < -0.39 is 39.9 Å². The van der Waals surface area contributed by atoms with Crippen molar-refractivity contribution in [1.29, 1.82) is 0 Å². The minimum absolute atomic E-state index is 0.0972. The van der Waals surface area contributed by atoms with Crippen LogP contribution in [0.15, 0.2) is 17.7 Å². The Hall–Kier alpha value is -2.17. The highest BCUT2D eigenvalue weighted by Crippen LogP contribution is 2.42. The van der Waals surface area contributed by atoms with Crippen LogP contribution in [-0.4, -0.2) is 52.3 Å². The molecule has 3 heterocycles. The fourth-order valence-corrected chi connectivity index (χ4v) is 5.12. The molecule has 1 amide bonds. The second-order valence-electron chi connectivity index (χ2n) is 7.04. The van der Waals surface area contributed by atoms with Crippen LogP contribution in [0.2, 0.25) is 0 Å². The fourth-order valence-electron chi connectivity index (χ4n) is 3.95. The lowest BCUT2D eigenvalue weighted by Gasteiger charge is -2.34. The van der Waals surface area contributed by atoms with Gasteiger partial charge in [0, 0.05) is 37.3 Å². The Balaban J connectivity index is 1.76. The van der Waals surface area contributed by atoms with E-state index >= 15 is 4.39 Å². The van der Waals surface area contributed by atoms with E-state index in [1.54, 1.807) is 10.8 Å². The summed E-state index contributed by atoms with van der Waals surface area (Å²) in [5.74, 6) is -2.20. The largest absolute Gasteiger partial charge is 0.506 e. The van der Waals surface area contributed by atoms with Gasteiger partial charge in [0.2, 0.25) is 0 Å². The molecule has 3 N–H and O–H groups in total. The zero-order valence-electron chi connectivity index (χ0n) is 14.5. The molecule has 0 unspecified atom stereocenters. The number of halogens is 1. The molecule has 0 radical (unpaired) electrons. The smallest absolute Gasteiger partial charge is 0.326 e. The van der Waals surface area contributed by atoms with Gasteiger partial charge in [-0.1, -0.05) is 6.08 Å². The quantitative estimate of drug-likeness (QED) is 0.671. The van der Waals surface area contributed by atoms with Crippen molar-refractivity contribution in [2.45, 2.75) is 12.8 Å². The summed E-state index contributed by atoms with van der Waals surface area (Å²) in [5.41, 5.74) is 0.580. The Morgan fingerprint density at radius 2 is 2.04 bits per heavy atom. The maximum atomic E-state index is 15.2. The van der Waals surface area contributed by atoms with Gasteiger partial charge in [0.15, 0.2) is 5.82 Å². The highest BCUT2D eigenvalue weighted by molar-refractivity contribution is 7.92. The summed E-state index contributed by atoms with van der Waals surface area (Å²) >= 11 is 0. The summed E-state index contributed by atoms with van der Waals surface area (Å²) in [6.45, 7) is 2.10. The summed E-state index contributed by atoms with van der Waals surface area (Å²) in [7, 11) is -4.22. The molecule has 0 bridgehead atoms. The first-order chi connectivity index (χ1) is 12.8. The molecule has 3 aliphatic rings. The fraction of sp³-hybridized carbons (Fsp3) is 0.471. The van der Waals surface area contributed by atoms with Gasteiger partial charge >= 0.3 is 10.2 Å². The molecule has 0 aliphatic carbocycles. The number of aromatic hydroxyl groups is 1. The molecular formula is C17H20FN3O5S. The number of anilines is 1. The number of hydrogen-bond acceptors (Lipinski definition) is 6. The van der Waals surface area contributed by atoms with Crippen LogP contribution in [-0.2, 0) is 19.7 Å². The average Bonchev–Trinajstić information content (AvgIpc) is 3.11. The number of nitrogens with one attached hydrogen (secondary N) is 2. The van der Waals surface area contributed by atoms with E-state index in [9.17, 15) is 18.3 Å². The van der Waals surface area contributed by atoms with Crippen LogP contribution in [0, 0.1) is 11.2 Å². The zero-order chi connectivity index (χ0) is 19.2. The molecule has 146 valence electrons. The normalized spacial score (nSPS) is 25.3. The molecule has 3 saturated heterocycles. The molecule has 1 aromatic carbocycles. The summed E-state index contributed by atoms with van der Waals surface area (Å²) in [6, 6.07) is 2.65. The van der Waals surface area contributed by atoms with Crippen molar-refractivity contribution in [3.05, 3.63) is 29.1 Å². The number of phenolic OH excluding ortho intramolecular Hbond substituents is 1. The van der Waals surface area contributed by atoms with E-state index in [1.807, 2.05) is 0 Å². The van der Waals surface area contributed by atoms with E-state index in [2.05, 4.69) is 5.32 Å². The van der Waals surface area contributed by atoms with Gasteiger partial charge in [-0.3, -0.25) is 4.79 Å². The average molecular weight is 397 g/mol. The van der Waals surface area contributed by atoms with Gasteiger partial charge in [0.25, 0.3) is 5.91 Å². The molecule has 1 spiro atoms. The molecule has 8 nitrogen and oxygen atoms in total. The first-order valence-corrected chi connectivity index (χ1v) is 10.1. The maximum absolute atomic E-state index is 15.2. The highest BCUT2D eigenvalue weighted by atomic mass is 32.2. The number of benzene rings is 1. The maximum Gasteiger partial charge on any atom is 0.326 e. The van der Waals surface area contributed by atoms with E-state index in [0.717, 1.165) is 25.0 Å². The van der Waals surface area contributed by atoms with E-state index in [1.165, 1.54) is 12.1 Å². The predicted octanol–water partition coefficient (Wildman–Crippen LogP) is 0.496. The van der Waals surface area contributed by atoms with Gasteiger partial charge in [0.05, 0.1) is 0 Å². The number of nitrogens with zero attached hydrogens (tertiary/aromatic N) is 1. The second-order valence-corrected chi connectivity index (χ2v) is 8.63. The Morgan fingerprint density at radius 3 is 2.70 bits per heavy atom. The summed E-state index contributed by atoms with van der Waals surface area (Å²) in [6.07, 6.45) is 3.37. The van der Waals surface area contributed by atoms with Gasteiger partial charge in [-0.05, 0) is 30.5 Å². The van der Waals surface area contributed by atoms with Crippen LogP contribution < -0.4 is 14.3 Å². The Bertz CT molecular complexity index is 925. The van der Waals surface area contributed by atoms with Gasteiger partial charge in [-0.25, -0.2) is 13.4 Å². The molecule has 3 aliphatic heterocycles. The van der Waals surface area contributed by atoms with Crippen molar-refractivity contribution in [2.24, 2.45) is 5.41 Å². The zero-order valence-corrected chi connectivity index (χ0v) is 15.3. The summed E-state index contributed by atoms with van der Waals surface area (Å²) in [5, 5.41) is 13.4. The van der Waals surface area contributed by atoms with Gasteiger partial charge in [0.1, 0.15) is 18.0 Å². The highest BCUT2D eigenvalue weighted by Gasteiger charge is 2.40. The molecule has 0 aromatic heterocycles. The molecular weight excluding hydrogens is 377 g/mol. The summed E-state index contributed by atoms with van der Waals surface area (Å²) < 4.78 is 47.0. The molecule has 0 atom stereocenters. The minimum Gasteiger partial charge on any atom is -0.506 e. The minimum atomic E-state index is -4.22. The number of carbonyl (C=O) groups excluding carboxylic acids is 1. The molecule has 3 fully saturated rings. The lowest BCUT2D eigenvalue weighted by molar-refractivity contribution is -0.117. The number of amides is 1. The Labute approximate surface area is 156 Å². The van der Waals surface area contributed by atoms with Gasteiger partial charge < -0.3 is 15.2 Å². The van der Waals surface area contributed by atoms with Crippen LogP contribution in [0.4, 0.5) is 10.1 Å². The molecule has 27 heavy (non-hydrogen) atoms. The van der Waals surface area contributed by atoms with Gasteiger partial charge in [-0.15, -0.1) is 0 Å². The topological polar surface area (TPSA) is 108 Å². The van der Waals surface area contributed by atoms with Crippen molar-refractivity contribution in [3.63, 3.8) is 0 Å². The van der Waals surface area contributed by atoms with Crippen molar-refractivity contribution in [3.8, 4) is 5.75 Å². The van der Waals surface area contributed by atoms with Crippen molar-refractivity contribution in [1.82, 2.24) is 10.0 Å². The lowest BCUT2D eigenvalue weighted by atomic mass is 9.75. The number of hydrogen-bond donors (Lipinski definition) is 3. The van der Waals surface area contributed by atoms with E-state index in [4.69, 9.17) is 4.74 Å². The Morgan fingerprint density at radius 1 is 1.30 bits per heavy atom. The van der Waals surface area contributed by atoms with E-state index in [0.29, 0.717) is 24.1 Å². The van der Waals surface area contributed by atoms with E-state index in [-0.39, 0.29) is 11.0 Å². The third kappa shape index (κ3) is 3.07. The molecule has 0 saturated carbocycles. The number of rotatable bonds is 2. The SMILES string of the molecule is O=C1CN(c2c(O)ccc(/C=C3\CNCC34CCOCC4)c2F)S(=O)(=O)N1. The molecule has 10 heteroatoms. The van der Waals surface area contributed by atoms with Crippen LogP contribution in [0.5, 0.6) is 5.75 Å². The third-order valence-electron chi connectivity index (χ3n) is 5.43. The third-order valence-corrected chi connectivity index (χ3v) is 6.81. The van der Waals surface area contributed by atoms with Crippen molar-refractivity contribution in [2.75, 3.05) is 37.2 Å². The Kier molecular flexibility index (Phi) is 4.36. The first kappa shape index (κ1) is 18.2. The monoisotopic (exact) mass is 397 g/mol. The second kappa shape index (κ2) is 6.47. The van der Waals surface area contributed by atoms with Crippen LogP contribution in [0.3, 0.4) is 0 Å². The van der Waals surface area contributed by atoms with Crippen LogP contribution in [0.25, 0.3) is 6.08 Å². The summed E-state index contributed by atoms with van der Waals surface area (Å²) in [4.78, 5) is 11.5. The molecule has 4 rings (SSSR count). The molecule has 1 aromatic rings. The van der Waals surface area contributed by atoms with Crippen molar-refractivity contribution < 1.29 is 27.4 Å².